The summed E-state index contributed by atoms with van der Waals surface area (Å²) in [4.78, 5) is 11.2. The lowest BCUT2D eigenvalue weighted by Crippen LogP contribution is -1.93. The van der Waals surface area contributed by atoms with Crippen LogP contribution in [0.25, 0.3) is 6.08 Å². The second-order valence-corrected chi connectivity index (χ2v) is 3.70. The molecule has 0 radical (unpaired) electrons. The molecule has 0 fully saturated rings. The van der Waals surface area contributed by atoms with Gasteiger partial charge in [0.25, 0.3) is 0 Å². The van der Waals surface area contributed by atoms with E-state index in [-0.39, 0.29) is 5.97 Å². The lowest BCUT2D eigenvalue weighted by molar-refractivity contribution is 0.0535. The van der Waals surface area contributed by atoms with Gasteiger partial charge in [-0.2, -0.15) is 0 Å². The molecule has 3 heteroatoms. The maximum atomic E-state index is 11.2. The van der Waals surface area contributed by atoms with E-state index in [1.807, 2.05) is 30.4 Å². The number of hydrogen-bond donors (Lipinski definition) is 0. The minimum atomic E-state index is -0.214. The van der Waals surface area contributed by atoms with Crippen LogP contribution in [0.2, 0.25) is 0 Å². The average Bonchev–Trinajstić information content (AvgIpc) is 2.57. The van der Waals surface area contributed by atoms with Crippen LogP contribution in [-0.4, -0.2) is 11.3 Å². The van der Waals surface area contributed by atoms with E-state index in [4.69, 9.17) is 4.74 Å². The monoisotopic (exact) mass is 252 g/mol. The van der Waals surface area contributed by atoms with E-state index in [1.54, 1.807) is 0 Å². The number of ether oxygens (including phenoxy) is 1. The van der Waals surface area contributed by atoms with Gasteiger partial charge >= 0.3 is 5.97 Å². The molecule has 0 saturated heterocycles. The summed E-state index contributed by atoms with van der Waals surface area (Å²) in [6.45, 7) is 0.413. The smallest absolute Gasteiger partial charge is 0.338 e. The third kappa shape index (κ3) is 1.73. The fourth-order valence-electron chi connectivity index (χ4n) is 1.42. The Bertz CT molecular complexity index is 396. The van der Waals surface area contributed by atoms with Crippen molar-refractivity contribution in [2.45, 2.75) is 6.61 Å². The zero-order valence-corrected chi connectivity index (χ0v) is 9.08. The highest BCUT2D eigenvalue weighted by Crippen LogP contribution is 2.21. The summed E-state index contributed by atoms with van der Waals surface area (Å²) < 4.78 is 4.91. The number of alkyl halides is 1. The highest BCUT2D eigenvalue weighted by atomic mass is 79.9. The Morgan fingerprint density at radius 1 is 1.50 bits per heavy atom. The molecule has 2 nitrogen and oxygen atoms in total. The van der Waals surface area contributed by atoms with Gasteiger partial charge < -0.3 is 4.74 Å². The third-order valence-corrected chi connectivity index (χ3v) is 2.49. The predicted molar refractivity (Wildman–Crippen MR) is 58.4 cm³/mol. The van der Waals surface area contributed by atoms with Gasteiger partial charge in [0, 0.05) is 10.9 Å². The lowest BCUT2D eigenvalue weighted by atomic mass is 10.1. The minimum Gasteiger partial charge on any atom is -0.457 e. The van der Waals surface area contributed by atoms with Crippen molar-refractivity contribution in [3.05, 3.63) is 41.0 Å². The van der Waals surface area contributed by atoms with Crippen LogP contribution < -0.4 is 0 Å². The largest absolute Gasteiger partial charge is 0.457 e. The molecule has 0 aromatic heterocycles. The molecule has 0 bridgehead atoms. The van der Waals surface area contributed by atoms with Crippen LogP contribution in [0, 0.1) is 0 Å². The molecule has 1 aliphatic rings. The molecule has 0 aliphatic carbocycles. The topological polar surface area (TPSA) is 26.3 Å². The van der Waals surface area contributed by atoms with Crippen molar-refractivity contribution in [1.29, 1.82) is 0 Å². The van der Waals surface area contributed by atoms with E-state index in [0.717, 1.165) is 16.5 Å². The van der Waals surface area contributed by atoms with Crippen LogP contribution in [0.3, 0.4) is 0 Å². The van der Waals surface area contributed by atoms with E-state index >= 15 is 0 Å². The molecule has 1 aromatic carbocycles. The van der Waals surface area contributed by atoms with E-state index < -0.39 is 0 Å². The van der Waals surface area contributed by atoms with Gasteiger partial charge in [0.2, 0.25) is 0 Å². The molecule has 1 aromatic rings. The molecule has 2 rings (SSSR count). The second kappa shape index (κ2) is 3.96. The first-order chi connectivity index (χ1) is 6.81. The van der Waals surface area contributed by atoms with Gasteiger partial charge in [-0.25, -0.2) is 4.79 Å². The van der Waals surface area contributed by atoms with Gasteiger partial charge in [0.05, 0.1) is 5.56 Å². The first-order valence-electron chi connectivity index (χ1n) is 4.34. The van der Waals surface area contributed by atoms with Crippen LogP contribution in [0.15, 0.2) is 24.3 Å². The standard InChI is InChI=1S/C11H9BrO2/c12-5-1-2-8-3-4-9-7-14-11(13)10(9)6-8/h1-4,6H,5,7H2. The highest BCUT2D eigenvalue weighted by Gasteiger charge is 2.20. The molecule has 72 valence electrons. The van der Waals surface area contributed by atoms with Crippen molar-refractivity contribution in [2.75, 3.05) is 5.33 Å². The summed E-state index contributed by atoms with van der Waals surface area (Å²) in [5.74, 6) is -0.214. The molecule has 1 aliphatic heterocycles. The Balaban J connectivity index is 2.35. The Labute approximate surface area is 90.7 Å². The number of allylic oxidation sites excluding steroid dienone is 1. The van der Waals surface area contributed by atoms with Gasteiger partial charge in [0.15, 0.2) is 0 Å². The summed E-state index contributed by atoms with van der Waals surface area (Å²) in [6.07, 6.45) is 3.96. The van der Waals surface area contributed by atoms with Crippen LogP contribution in [-0.2, 0) is 11.3 Å². The quantitative estimate of drug-likeness (QED) is 0.598. The number of rotatable bonds is 2. The SMILES string of the molecule is O=C1OCc2ccc(C=CCBr)cc21. The normalized spacial score (nSPS) is 14.5. The molecule has 0 N–H and O–H groups in total. The van der Waals surface area contributed by atoms with Crippen LogP contribution in [0.4, 0.5) is 0 Å². The minimum absolute atomic E-state index is 0.214. The molecular weight excluding hydrogens is 244 g/mol. The third-order valence-electron chi connectivity index (χ3n) is 2.11. The summed E-state index contributed by atoms with van der Waals surface area (Å²) in [5, 5.41) is 0.814. The van der Waals surface area contributed by atoms with Crippen molar-refractivity contribution in [3.63, 3.8) is 0 Å². The van der Waals surface area contributed by atoms with E-state index in [9.17, 15) is 4.79 Å². The fourth-order valence-corrected chi connectivity index (χ4v) is 1.60. The van der Waals surface area contributed by atoms with Crippen molar-refractivity contribution in [3.8, 4) is 0 Å². The molecule has 1 heterocycles. The maximum absolute atomic E-state index is 11.2. The Morgan fingerprint density at radius 2 is 2.36 bits per heavy atom. The number of cyclic esters (lactones) is 1. The lowest BCUT2D eigenvalue weighted by Gasteiger charge is -1.96. The molecule has 0 atom stereocenters. The Kier molecular flexibility index (Phi) is 2.68. The van der Waals surface area contributed by atoms with Gasteiger partial charge in [-0.3, -0.25) is 0 Å². The van der Waals surface area contributed by atoms with Gasteiger partial charge in [-0.1, -0.05) is 40.2 Å². The zero-order chi connectivity index (χ0) is 9.97. The zero-order valence-electron chi connectivity index (χ0n) is 7.50. The Morgan fingerprint density at radius 3 is 3.14 bits per heavy atom. The number of fused-ring (bicyclic) bond motifs is 1. The van der Waals surface area contributed by atoms with E-state index in [2.05, 4.69) is 15.9 Å². The summed E-state index contributed by atoms with van der Waals surface area (Å²) >= 11 is 3.30. The number of carbonyl (C=O) groups excluding carboxylic acids is 1. The molecule has 0 saturated carbocycles. The molecule has 0 spiro atoms. The highest BCUT2D eigenvalue weighted by molar-refractivity contribution is 9.09. The first-order valence-corrected chi connectivity index (χ1v) is 5.46. The van der Waals surface area contributed by atoms with Crippen molar-refractivity contribution in [1.82, 2.24) is 0 Å². The summed E-state index contributed by atoms with van der Waals surface area (Å²) in [7, 11) is 0. The maximum Gasteiger partial charge on any atom is 0.338 e. The molecular formula is C11H9BrO2. The number of halogens is 1. The van der Waals surface area contributed by atoms with E-state index in [1.165, 1.54) is 0 Å². The van der Waals surface area contributed by atoms with Crippen LogP contribution in [0.5, 0.6) is 0 Å². The van der Waals surface area contributed by atoms with Gasteiger partial charge in [-0.05, 0) is 11.6 Å². The molecule has 14 heavy (non-hydrogen) atoms. The Hall–Kier alpha value is -1.09. The van der Waals surface area contributed by atoms with Gasteiger partial charge in [-0.15, -0.1) is 0 Å². The summed E-state index contributed by atoms with van der Waals surface area (Å²) in [6, 6.07) is 5.79. The van der Waals surface area contributed by atoms with Crippen LogP contribution >= 0.6 is 15.9 Å². The predicted octanol–water partition coefficient (Wildman–Crippen LogP) is 2.77. The molecule has 0 amide bonds. The van der Waals surface area contributed by atoms with Crippen molar-refractivity contribution >= 4 is 28.0 Å². The number of carbonyl (C=O) groups is 1. The summed E-state index contributed by atoms with van der Waals surface area (Å²) in [5.41, 5.74) is 2.70. The average molecular weight is 253 g/mol. The fraction of sp³-hybridized carbons (Fsp3) is 0.182. The van der Waals surface area contributed by atoms with Crippen LogP contribution in [0.1, 0.15) is 21.5 Å². The molecule has 0 unspecified atom stereocenters. The van der Waals surface area contributed by atoms with Crippen molar-refractivity contribution in [2.24, 2.45) is 0 Å². The first kappa shape index (κ1) is 9.46. The second-order valence-electron chi connectivity index (χ2n) is 3.05. The number of benzene rings is 1. The van der Waals surface area contributed by atoms with E-state index in [0.29, 0.717) is 12.2 Å². The number of esters is 1. The number of hydrogen-bond acceptors (Lipinski definition) is 2. The van der Waals surface area contributed by atoms with Gasteiger partial charge in [0.1, 0.15) is 6.61 Å². The van der Waals surface area contributed by atoms with Crippen molar-refractivity contribution < 1.29 is 9.53 Å².